The van der Waals surface area contributed by atoms with Crippen LogP contribution in [0.2, 0.25) is 10.0 Å². The Kier molecular flexibility index (Phi) is 13.7. The van der Waals surface area contributed by atoms with E-state index in [4.69, 9.17) is 46.9 Å². The molecule has 216 valence electrons. The molecule has 0 aromatic heterocycles. The van der Waals surface area contributed by atoms with Crippen LogP contribution in [0.5, 0.6) is 0 Å². The van der Waals surface area contributed by atoms with Gasteiger partial charge >= 0.3 is 11.9 Å². The molecular weight excluding hydrogens is 615 g/mol. The fourth-order valence-electron chi connectivity index (χ4n) is 3.53. The number of hydrogen-bond acceptors (Lipinski definition) is 8. The van der Waals surface area contributed by atoms with E-state index in [0.29, 0.717) is 36.5 Å². The van der Waals surface area contributed by atoms with Crippen molar-refractivity contribution in [2.75, 3.05) is 40.6 Å². The maximum Gasteiger partial charge on any atom is 0.315 e. The van der Waals surface area contributed by atoms with Crippen molar-refractivity contribution in [1.82, 2.24) is 0 Å². The Labute approximate surface area is 248 Å². The first-order chi connectivity index (χ1) is 18.4. The molecule has 2 aromatic carbocycles. The molecule has 8 nitrogen and oxygen atoms in total. The molecular formula is C28H35BrCl2O8. The standard InChI is InChI=1S/C14H17ClO4.C9H8BrClO2.C5H10O2/c1-14(2,13(16)17-3)10-6-9(7-11(15)8-10)12-18-4-5-19-12;10-7-3-6(4-8(11)5-7)9-12-1-2-13-9;1-4(2)5(6)7-3/h6-8,12H,4-5H2,1-3H3;3-5,9H,1-2H2;4H,1-3H3. The summed E-state index contributed by atoms with van der Waals surface area (Å²) in [5.74, 6) is -0.459. The number of esters is 2. The molecule has 11 heteroatoms. The van der Waals surface area contributed by atoms with Crippen molar-refractivity contribution in [2.45, 2.75) is 45.7 Å². The lowest BCUT2D eigenvalue weighted by atomic mass is 9.84. The van der Waals surface area contributed by atoms with E-state index in [0.717, 1.165) is 21.2 Å². The number of rotatable bonds is 5. The number of ether oxygens (including phenoxy) is 6. The summed E-state index contributed by atoms with van der Waals surface area (Å²) in [6.45, 7) is 9.61. The second-order valence-electron chi connectivity index (χ2n) is 9.42. The summed E-state index contributed by atoms with van der Waals surface area (Å²) < 4.78 is 31.7. The van der Waals surface area contributed by atoms with Crippen molar-refractivity contribution in [3.63, 3.8) is 0 Å². The van der Waals surface area contributed by atoms with Crippen LogP contribution in [0.25, 0.3) is 0 Å². The molecule has 2 aliphatic heterocycles. The van der Waals surface area contributed by atoms with Crippen molar-refractivity contribution in [2.24, 2.45) is 5.92 Å². The maximum absolute atomic E-state index is 11.9. The van der Waals surface area contributed by atoms with Crippen molar-refractivity contribution in [3.05, 3.63) is 67.6 Å². The SMILES string of the molecule is COC(=O)C(C)(C)c1cc(Cl)cc(C2OCCO2)c1.COC(=O)C(C)C.Clc1cc(Br)cc(C2OCCO2)c1. The fraction of sp³-hybridized carbons (Fsp3) is 0.500. The molecule has 39 heavy (non-hydrogen) atoms. The lowest BCUT2D eigenvalue weighted by Crippen LogP contribution is -2.30. The third kappa shape index (κ3) is 10.3. The minimum atomic E-state index is -0.771. The van der Waals surface area contributed by atoms with Crippen LogP contribution in [0, 0.1) is 5.92 Å². The fourth-order valence-corrected chi connectivity index (χ4v) is 4.66. The molecule has 2 aromatic rings. The van der Waals surface area contributed by atoms with Gasteiger partial charge in [0.1, 0.15) is 0 Å². The second-order valence-corrected chi connectivity index (χ2v) is 11.2. The first-order valence-corrected chi connectivity index (χ1v) is 13.8. The van der Waals surface area contributed by atoms with E-state index in [1.54, 1.807) is 39.8 Å². The van der Waals surface area contributed by atoms with Crippen LogP contribution in [-0.2, 0) is 43.4 Å². The second kappa shape index (κ2) is 15.9. The normalized spacial score (nSPS) is 15.7. The van der Waals surface area contributed by atoms with Gasteiger partial charge in [-0.2, -0.15) is 0 Å². The predicted octanol–water partition coefficient (Wildman–Crippen LogP) is 6.80. The third-order valence-electron chi connectivity index (χ3n) is 5.68. The number of methoxy groups -OCH3 is 2. The highest BCUT2D eigenvalue weighted by Crippen LogP contribution is 2.33. The molecule has 2 fully saturated rings. The van der Waals surface area contributed by atoms with Gasteiger partial charge in [-0.1, -0.05) is 53.0 Å². The predicted molar refractivity (Wildman–Crippen MR) is 152 cm³/mol. The summed E-state index contributed by atoms with van der Waals surface area (Å²) in [5, 5.41) is 1.23. The average Bonchev–Trinajstić information content (AvgIpc) is 3.62. The van der Waals surface area contributed by atoms with Gasteiger partial charge in [-0.15, -0.1) is 0 Å². The molecule has 0 amide bonds. The van der Waals surface area contributed by atoms with Gasteiger partial charge in [-0.3, -0.25) is 9.59 Å². The minimum absolute atomic E-state index is 0.00463. The number of hydrogen-bond donors (Lipinski definition) is 0. The van der Waals surface area contributed by atoms with E-state index in [2.05, 4.69) is 20.7 Å². The lowest BCUT2D eigenvalue weighted by molar-refractivity contribution is -0.146. The summed E-state index contributed by atoms with van der Waals surface area (Å²) in [4.78, 5) is 22.1. The highest BCUT2D eigenvalue weighted by atomic mass is 79.9. The Balaban J connectivity index is 0.000000230. The zero-order chi connectivity index (χ0) is 29.2. The quantitative estimate of drug-likeness (QED) is 0.327. The van der Waals surface area contributed by atoms with E-state index in [1.165, 1.54) is 14.2 Å². The van der Waals surface area contributed by atoms with Crippen LogP contribution in [0.15, 0.2) is 40.9 Å². The minimum Gasteiger partial charge on any atom is -0.469 e. The van der Waals surface area contributed by atoms with Crippen molar-refractivity contribution in [3.8, 4) is 0 Å². The lowest BCUT2D eigenvalue weighted by Gasteiger charge is -2.23. The average molecular weight is 650 g/mol. The topological polar surface area (TPSA) is 89.5 Å². The molecule has 0 saturated carbocycles. The summed E-state index contributed by atoms with van der Waals surface area (Å²) in [7, 11) is 2.76. The summed E-state index contributed by atoms with van der Waals surface area (Å²) in [5.41, 5.74) is 1.78. The van der Waals surface area contributed by atoms with Crippen LogP contribution >= 0.6 is 39.1 Å². The molecule has 0 bridgehead atoms. The largest absolute Gasteiger partial charge is 0.469 e. The number of carbonyl (C=O) groups excluding carboxylic acids is 2. The van der Waals surface area contributed by atoms with Gasteiger partial charge in [0, 0.05) is 25.6 Å². The molecule has 0 radical (unpaired) electrons. The molecule has 0 unspecified atom stereocenters. The van der Waals surface area contributed by atoms with Gasteiger partial charge < -0.3 is 28.4 Å². The van der Waals surface area contributed by atoms with E-state index in [1.807, 2.05) is 24.3 Å². The zero-order valence-corrected chi connectivity index (χ0v) is 26.0. The van der Waals surface area contributed by atoms with Gasteiger partial charge in [0.05, 0.1) is 52.0 Å². The monoisotopic (exact) mass is 648 g/mol. The van der Waals surface area contributed by atoms with Gasteiger partial charge in [0.25, 0.3) is 0 Å². The van der Waals surface area contributed by atoms with Gasteiger partial charge in [-0.25, -0.2) is 0 Å². The summed E-state index contributed by atoms with van der Waals surface area (Å²) in [6.07, 6.45) is -0.666. The van der Waals surface area contributed by atoms with E-state index < -0.39 is 11.7 Å². The Bertz CT molecular complexity index is 1080. The first kappa shape index (κ1) is 33.5. The van der Waals surface area contributed by atoms with Crippen molar-refractivity contribution in [1.29, 1.82) is 0 Å². The third-order valence-corrected chi connectivity index (χ3v) is 6.58. The Morgan fingerprint density at radius 2 is 1.28 bits per heavy atom. The van der Waals surface area contributed by atoms with Crippen molar-refractivity contribution < 1.29 is 38.0 Å². The van der Waals surface area contributed by atoms with Crippen LogP contribution in [-0.4, -0.2) is 52.6 Å². The number of benzene rings is 2. The van der Waals surface area contributed by atoms with E-state index >= 15 is 0 Å². The Morgan fingerprint density at radius 1 is 0.821 bits per heavy atom. The highest BCUT2D eigenvalue weighted by Gasteiger charge is 2.32. The summed E-state index contributed by atoms with van der Waals surface area (Å²) in [6, 6.07) is 11.0. The number of halogens is 3. The highest BCUT2D eigenvalue weighted by molar-refractivity contribution is 9.10. The van der Waals surface area contributed by atoms with Crippen LogP contribution in [0.4, 0.5) is 0 Å². The zero-order valence-electron chi connectivity index (χ0n) is 22.9. The van der Waals surface area contributed by atoms with Crippen molar-refractivity contribution >= 4 is 51.1 Å². The molecule has 2 heterocycles. The molecule has 0 spiro atoms. The van der Waals surface area contributed by atoms with Crippen LogP contribution < -0.4 is 0 Å². The molecule has 2 saturated heterocycles. The molecule has 2 aliphatic rings. The summed E-state index contributed by atoms with van der Waals surface area (Å²) >= 11 is 15.4. The molecule has 0 atom stereocenters. The first-order valence-electron chi connectivity index (χ1n) is 12.3. The number of carbonyl (C=O) groups is 2. The molecule has 4 rings (SSSR count). The molecule has 0 aliphatic carbocycles. The smallest absolute Gasteiger partial charge is 0.315 e. The van der Waals surface area contributed by atoms with Gasteiger partial charge in [-0.05, 0) is 55.8 Å². The van der Waals surface area contributed by atoms with Gasteiger partial charge in [0.15, 0.2) is 12.6 Å². The van der Waals surface area contributed by atoms with E-state index in [-0.39, 0.29) is 24.1 Å². The van der Waals surface area contributed by atoms with Gasteiger partial charge in [0.2, 0.25) is 0 Å². The van der Waals surface area contributed by atoms with Crippen LogP contribution in [0.1, 0.15) is 57.0 Å². The Morgan fingerprint density at radius 3 is 1.67 bits per heavy atom. The Hall–Kier alpha value is -1.72. The maximum atomic E-state index is 11.9. The van der Waals surface area contributed by atoms with E-state index in [9.17, 15) is 9.59 Å². The van der Waals surface area contributed by atoms with Crippen LogP contribution in [0.3, 0.4) is 0 Å². The molecule has 0 N–H and O–H groups in total.